The van der Waals surface area contributed by atoms with E-state index in [2.05, 4.69) is 9.78 Å². The van der Waals surface area contributed by atoms with Crippen LogP contribution in [0.2, 0.25) is 0 Å². The summed E-state index contributed by atoms with van der Waals surface area (Å²) in [5, 5.41) is 10.2. The molecule has 0 aromatic heterocycles. The van der Waals surface area contributed by atoms with Gasteiger partial charge in [0.15, 0.2) is 0 Å². The Kier molecular flexibility index (Phi) is 0.629. The third-order valence-electron chi connectivity index (χ3n) is 0.556. The summed E-state index contributed by atoms with van der Waals surface area (Å²) in [4.78, 5) is 8.19. The second-order valence-corrected chi connectivity index (χ2v) is 1.48. The Hall–Kier alpha value is -0.120. The van der Waals surface area contributed by atoms with Gasteiger partial charge < -0.3 is 0 Å². The standard InChI is InChI=1S/C3H5O3/c1-3(4)2-5-6-3/h2H2,1H3/t3-/m1/s1. The lowest BCUT2D eigenvalue weighted by Gasteiger charge is -2.27. The van der Waals surface area contributed by atoms with Gasteiger partial charge >= 0.3 is 0 Å². The van der Waals surface area contributed by atoms with Crippen molar-refractivity contribution in [3.05, 3.63) is 0 Å². The summed E-state index contributed by atoms with van der Waals surface area (Å²) in [5.41, 5.74) is 0. The maximum atomic E-state index is 10.2. The second-order valence-electron chi connectivity index (χ2n) is 1.48. The van der Waals surface area contributed by atoms with Crippen LogP contribution in [0.3, 0.4) is 0 Å². The molecule has 1 fully saturated rings. The van der Waals surface area contributed by atoms with Crippen LogP contribution in [-0.2, 0) is 14.9 Å². The van der Waals surface area contributed by atoms with Crippen molar-refractivity contribution in [3.8, 4) is 0 Å². The van der Waals surface area contributed by atoms with Crippen LogP contribution < -0.4 is 0 Å². The van der Waals surface area contributed by atoms with Crippen LogP contribution in [0.25, 0.3) is 0 Å². The van der Waals surface area contributed by atoms with E-state index in [1.807, 2.05) is 0 Å². The van der Waals surface area contributed by atoms with Gasteiger partial charge in [0.25, 0.3) is 5.79 Å². The molecule has 0 aromatic carbocycles. The molecule has 0 spiro atoms. The van der Waals surface area contributed by atoms with Crippen molar-refractivity contribution in [2.75, 3.05) is 6.61 Å². The highest BCUT2D eigenvalue weighted by molar-refractivity contribution is 4.57. The van der Waals surface area contributed by atoms with Gasteiger partial charge in [0.05, 0.1) is 0 Å². The minimum absolute atomic E-state index is 0.174. The van der Waals surface area contributed by atoms with E-state index >= 15 is 0 Å². The second kappa shape index (κ2) is 0.932. The monoisotopic (exact) mass is 89.0 g/mol. The van der Waals surface area contributed by atoms with Crippen LogP contribution in [0.1, 0.15) is 6.92 Å². The highest BCUT2D eigenvalue weighted by atomic mass is 17.3. The molecule has 0 aromatic rings. The van der Waals surface area contributed by atoms with E-state index in [9.17, 15) is 5.11 Å². The van der Waals surface area contributed by atoms with Gasteiger partial charge in [-0.25, -0.2) is 4.89 Å². The van der Waals surface area contributed by atoms with Crippen LogP contribution >= 0.6 is 0 Å². The summed E-state index contributed by atoms with van der Waals surface area (Å²) in [6.07, 6.45) is 0. The maximum absolute atomic E-state index is 10.2. The Labute approximate surface area is 35.4 Å². The third kappa shape index (κ3) is 0.518. The first-order chi connectivity index (χ1) is 2.71. The number of rotatable bonds is 0. The van der Waals surface area contributed by atoms with Gasteiger partial charge in [0.1, 0.15) is 6.61 Å². The molecule has 1 aliphatic rings. The molecule has 0 unspecified atom stereocenters. The number of hydrogen-bond donors (Lipinski definition) is 0. The van der Waals surface area contributed by atoms with Crippen LogP contribution in [0.5, 0.6) is 0 Å². The lowest BCUT2D eigenvalue weighted by Crippen LogP contribution is -2.42. The lowest BCUT2D eigenvalue weighted by atomic mass is 10.3. The summed E-state index contributed by atoms with van der Waals surface area (Å²) in [6.45, 7) is 1.60. The molecule has 1 atom stereocenters. The van der Waals surface area contributed by atoms with E-state index in [0.29, 0.717) is 0 Å². The molecule has 1 radical (unpaired) electrons. The zero-order valence-corrected chi connectivity index (χ0v) is 3.43. The molecule has 0 N–H and O–H groups in total. The lowest BCUT2D eigenvalue weighted by molar-refractivity contribution is -0.537. The van der Waals surface area contributed by atoms with E-state index < -0.39 is 5.79 Å². The quantitative estimate of drug-likeness (QED) is 0.394. The minimum atomic E-state index is -1.25. The van der Waals surface area contributed by atoms with Crippen LogP contribution in [0.15, 0.2) is 0 Å². The molecular formula is C3H5O3. The van der Waals surface area contributed by atoms with Crippen molar-refractivity contribution < 1.29 is 14.9 Å². The van der Waals surface area contributed by atoms with Gasteiger partial charge in [0, 0.05) is 0 Å². The largest absolute Gasteiger partial charge is 0.257 e. The van der Waals surface area contributed by atoms with E-state index in [4.69, 9.17) is 0 Å². The summed E-state index contributed by atoms with van der Waals surface area (Å²) < 4.78 is 0. The van der Waals surface area contributed by atoms with Gasteiger partial charge in [-0.1, -0.05) is 0 Å². The molecule has 0 saturated carbocycles. The van der Waals surface area contributed by atoms with Crippen molar-refractivity contribution >= 4 is 0 Å². The summed E-state index contributed by atoms with van der Waals surface area (Å²) in [6, 6.07) is 0. The molecule has 1 heterocycles. The zero-order chi connectivity index (χ0) is 4.62. The molecule has 0 bridgehead atoms. The van der Waals surface area contributed by atoms with Crippen molar-refractivity contribution in [2.24, 2.45) is 0 Å². The fourth-order valence-electron chi connectivity index (χ4n) is 0.225. The van der Waals surface area contributed by atoms with Gasteiger partial charge in [-0.05, 0) is 6.92 Å². The normalized spacial score (nSPS) is 45.0. The molecule has 3 heteroatoms. The van der Waals surface area contributed by atoms with E-state index in [0.717, 1.165) is 0 Å². The molecule has 6 heavy (non-hydrogen) atoms. The fourth-order valence-corrected chi connectivity index (χ4v) is 0.225. The first kappa shape index (κ1) is 4.05. The third-order valence-corrected chi connectivity index (χ3v) is 0.556. The maximum Gasteiger partial charge on any atom is 0.257 e. The summed E-state index contributed by atoms with van der Waals surface area (Å²) in [7, 11) is 0. The highest BCUT2D eigenvalue weighted by Gasteiger charge is 2.35. The SMILES string of the molecule is C[C@]1([O])COO1. The molecule has 1 rings (SSSR count). The molecule has 0 amide bonds. The topological polar surface area (TPSA) is 38.4 Å². The minimum Gasteiger partial charge on any atom is -0.228 e. The smallest absolute Gasteiger partial charge is 0.228 e. The average molecular weight is 89.1 g/mol. The Morgan fingerprint density at radius 1 is 1.83 bits per heavy atom. The van der Waals surface area contributed by atoms with E-state index in [-0.39, 0.29) is 6.61 Å². The van der Waals surface area contributed by atoms with Gasteiger partial charge in [0.2, 0.25) is 0 Å². The van der Waals surface area contributed by atoms with Gasteiger partial charge in [-0.3, -0.25) is 0 Å². The van der Waals surface area contributed by atoms with Crippen molar-refractivity contribution in [2.45, 2.75) is 12.7 Å². The van der Waals surface area contributed by atoms with Crippen LogP contribution in [0, 0.1) is 0 Å². The Bertz CT molecular complexity index is 53.1. The zero-order valence-electron chi connectivity index (χ0n) is 3.43. The highest BCUT2D eigenvalue weighted by Crippen LogP contribution is 2.16. The molecule has 1 saturated heterocycles. The number of hydrogen-bond acceptors (Lipinski definition) is 2. The van der Waals surface area contributed by atoms with E-state index in [1.54, 1.807) is 0 Å². The summed E-state index contributed by atoms with van der Waals surface area (Å²) in [5.74, 6) is -1.25. The predicted octanol–water partition coefficient (Wildman–Crippen LogP) is 0.0949. The molecule has 0 aliphatic carbocycles. The van der Waals surface area contributed by atoms with Gasteiger partial charge in [-0.15, -0.1) is 0 Å². The van der Waals surface area contributed by atoms with Crippen molar-refractivity contribution in [1.29, 1.82) is 0 Å². The van der Waals surface area contributed by atoms with Crippen LogP contribution in [0.4, 0.5) is 0 Å². The first-order valence-corrected chi connectivity index (χ1v) is 1.72. The summed E-state index contributed by atoms with van der Waals surface area (Å²) >= 11 is 0. The first-order valence-electron chi connectivity index (χ1n) is 1.72. The van der Waals surface area contributed by atoms with Crippen molar-refractivity contribution in [3.63, 3.8) is 0 Å². The molecule has 3 nitrogen and oxygen atoms in total. The Morgan fingerprint density at radius 2 is 2.17 bits per heavy atom. The molecule has 35 valence electrons. The predicted molar refractivity (Wildman–Crippen MR) is 16.1 cm³/mol. The van der Waals surface area contributed by atoms with Gasteiger partial charge in [-0.2, -0.15) is 9.99 Å². The Balaban J connectivity index is 2.31. The van der Waals surface area contributed by atoms with E-state index in [1.165, 1.54) is 6.92 Å². The molecular weight excluding hydrogens is 84.0 g/mol. The molecule has 1 aliphatic heterocycles. The fraction of sp³-hybridized carbons (Fsp3) is 1.00. The van der Waals surface area contributed by atoms with Crippen LogP contribution in [-0.4, -0.2) is 12.4 Å². The van der Waals surface area contributed by atoms with Crippen molar-refractivity contribution in [1.82, 2.24) is 0 Å². The Morgan fingerprint density at radius 3 is 2.17 bits per heavy atom. The average Bonchev–Trinajstić information content (AvgIpc) is 1.32.